The Balaban J connectivity index is 1.64. The molecule has 0 aliphatic rings. The van der Waals surface area contributed by atoms with Crippen molar-refractivity contribution in [2.75, 3.05) is 21.3 Å². The Morgan fingerprint density at radius 1 is 1.00 bits per heavy atom. The van der Waals surface area contributed by atoms with Gasteiger partial charge in [0, 0.05) is 29.8 Å². The molecule has 3 heterocycles. The van der Waals surface area contributed by atoms with Crippen LogP contribution in [0.4, 0.5) is 0 Å². The molecule has 5 rings (SSSR count). The first kappa shape index (κ1) is 22.4. The van der Waals surface area contributed by atoms with Crippen molar-refractivity contribution in [1.29, 1.82) is 0 Å². The lowest BCUT2D eigenvalue weighted by atomic mass is 10.1. The number of nitrogens with zero attached hydrogens (tertiary/aromatic N) is 5. The van der Waals surface area contributed by atoms with Gasteiger partial charge in [-0.15, -0.1) is 11.3 Å². The number of furan rings is 1. The van der Waals surface area contributed by atoms with Crippen LogP contribution in [-0.2, 0) is 0 Å². The summed E-state index contributed by atoms with van der Waals surface area (Å²) in [6, 6.07) is 19.4. The zero-order chi connectivity index (χ0) is 24.2. The van der Waals surface area contributed by atoms with Crippen LogP contribution in [0.3, 0.4) is 0 Å². The van der Waals surface area contributed by atoms with Crippen LogP contribution in [0.25, 0.3) is 28.4 Å². The molecule has 0 radical (unpaired) electrons. The summed E-state index contributed by atoms with van der Waals surface area (Å²) in [7, 11) is 4.97. The van der Waals surface area contributed by atoms with Gasteiger partial charge in [0.05, 0.1) is 32.4 Å². The van der Waals surface area contributed by atoms with Crippen molar-refractivity contribution >= 4 is 17.6 Å². The second-order valence-electron chi connectivity index (χ2n) is 7.44. The summed E-state index contributed by atoms with van der Waals surface area (Å²) in [6.07, 6.45) is 5.38. The van der Waals surface area contributed by atoms with Gasteiger partial charge in [-0.25, -0.2) is 9.36 Å². The first-order valence-electron chi connectivity index (χ1n) is 10.8. The number of thiazole rings is 1. The second kappa shape index (κ2) is 9.86. The molecule has 176 valence electrons. The van der Waals surface area contributed by atoms with E-state index in [0.29, 0.717) is 17.3 Å². The Morgan fingerprint density at radius 2 is 1.83 bits per heavy atom. The fourth-order valence-electron chi connectivity index (χ4n) is 3.68. The van der Waals surface area contributed by atoms with Gasteiger partial charge in [-0.2, -0.15) is 10.2 Å². The molecule has 0 atom stereocenters. The van der Waals surface area contributed by atoms with Crippen LogP contribution in [0.1, 0.15) is 5.56 Å². The molecular weight excluding hydrogens is 462 g/mol. The number of ether oxygens (including phenoxy) is 2. The lowest BCUT2D eigenvalue weighted by molar-refractivity contribution is 0.355. The average molecular weight is 486 g/mol. The minimum atomic E-state index is 0.626. The fourth-order valence-corrected chi connectivity index (χ4v) is 4.46. The molecule has 0 unspecified atom stereocenters. The van der Waals surface area contributed by atoms with E-state index < -0.39 is 0 Å². The van der Waals surface area contributed by atoms with Crippen molar-refractivity contribution in [1.82, 2.24) is 14.5 Å². The molecule has 0 aliphatic carbocycles. The molecule has 5 aromatic rings. The van der Waals surface area contributed by atoms with Gasteiger partial charge in [0.15, 0.2) is 17.3 Å². The third-order valence-electron chi connectivity index (χ3n) is 5.38. The lowest BCUT2D eigenvalue weighted by Gasteiger charge is -2.09. The summed E-state index contributed by atoms with van der Waals surface area (Å²) < 4.78 is 20.1. The van der Waals surface area contributed by atoms with E-state index in [2.05, 4.69) is 4.99 Å². The second-order valence-corrected chi connectivity index (χ2v) is 8.28. The van der Waals surface area contributed by atoms with E-state index in [-0.39, 0.29) is 0 Å². The Bertz CT molecular complexity index is 1530. The maximum Gasteiger partial charge on any atom is 0.206 e. The highest BCUT2D eigenvalue weighted by Crippen LogP contribution is 2.33. The standard InChI is InChI=1S/C26H23N5O3S/c1-27-26-31(21(17-35-26)22-10-7-13-34-22)28-15-19-16-30(20-8-5-4-6-9-20)29-25(19)18-11-12-23(32-2)24(14-18)33-3/h4-17H,1-3H3. The maximum absolute atomic E-state index is 5.60. The smallest absolute Gasteiger partial charge is 0.206 e. The molecule has 9 heteroatoms. The molecule has 0 saturated heterocycles. The highest BCUT2D eigenvalue weighted by Gasteiger charge is 2.15. The molecule has 0 amide bonds. The number of hydrogen-bond acceptors (Lipinski definition) is 7. The van der Waals surface area contributed by atoms with E-state index in [1.54, 1.807) is 38.4 Å². The molecule has 0 N–H and O–H groups in total. The summed E-state index contributed by atoms with van der Waals surface area (Å²) in [5.74, 6) is 2.00. The largest absolute Gasteiger partial charge is 0.493 e. The number of methoxy groups -OCH3 is 2. The Kier molecular flexibility index (Phi) is 6.32. The molecule has 0 bridgehead atoms. The molecule has 0 saturated carbocycles. The van der Waals surface area contributed by atoms with Crippen LogP contribution < -0.4 is 14.3 Å². The van der Waals surface area contributed by atoms with Gasteiger partial charge in [-0.05, 0) is 42.5 Å². The van der Waals surface area contributed by atoms with Crippen molar-refractivity contribution in [3.63, 3.8) is 0 Å². The van der Waals surface area contributed by atoms with Crippen molar-refractivity contribution in [2.24, 2.45) is 10.1 Å². The number of para-hydroxylation sites is 1. The Labute approximate surface area is 206 Å². The molecule has 0 aliphatic heterocycles. The van der Waals surface area contributed by atoms with Crippen LogP contribution >= 0.6 is 11.3 Å². The SMILES string of the molecule is CN=c1scc(-c2ccco2)n1N=Cc1cn(-c2ccccc2)nc1-c1ccc(OC)c(OC)c1. The molecular formula is C26H23N5O3S. The predicted octanol–water partition coefficient (Wildman–Crippen LogP) is 5.09. The number of benzene rings is 2. The van der Waals surface area contributed by atoms with E-state index in [0.717, 1.165) is 33.0 Å². The minimum Gasteiger partial charge on any atom is -0.493 e. The summed E-state index contributed by atoms with van der Waals surface area (Å²) >= 11 is 1.49. The summed E-state index contributed by atoms with van der Waals surface area (Å²) in [6.45, 7) is 0. The number of rotatable bonds is 7. The topological polar surface area (TPSA) is 79.1 Å². The quantitative estimate of drug-likeness (QED) is 0.301. The summed E-state index contributed by atoms with van der Waals surface area (Å²) in [5, 5.41) is 11.6. The van der Waals surface area contributed by atoms with Crippen molar-refractivity contribution in [2.45, 2.75) is 0 Å². The van der Waals surface area contributed by atoms with E-state index in [1.165, 1.54) is 11.3 Å². The Morgan fingerprint density at radius 3 is 2.54 bits per heavy atom. The third-order valence-corrected chi connectivity index (χ3v) is 6.29. The minimum absolute atomic E-state index is 0.626. The van der Waals surface area contributed by atoms with Crippen LogP contribution in [0.15, 0.2) is 93.0 Å². The molecule has 2 aromatic carbocycles. The van der Waals surface area contributed by atoms with Gasteiger partial charge in [0.25, 0.3) is 0 Å². The predicted molar refractivity (Wildman–Crippen MR) is 137 cm³/mol. The van der Waals surface area contributed by atoms with E-state index in [4.69, 9.17) is 24.1 Å². The van der Waals surface area contributed by atoms with E-state index >= 15 is 0 Å². The van der Waals surface area contributed by atoms with Crippen molar-refractivity contribution in [3.8, 4) is 39.9 Å². The molecule has 3 aromatic heterocycles. The van der Waals surface area contributed by atoms with E-state index in [9.17, 15) is 0 Å². The molecule has 0 fully saturated rings. The zero-order valence-electron chi connectivity index (χ0n) is 19.5. The van der Waals surface area contributed by atoms with Crippen LogP contribution in [0.5, 0.6) is 11.5 Å². The van der Waals surface area contributed by atoms with Gasteiger partial charge < -0.3 is 13.9 Å². The van der Waals surface area contributed by atoms with Crippen molar-refractivity contribution < 1.29 is 13.9 Å². The van der Waals surface area contributed by atoms with Crippen LogP contribution in [-0.4, -0.2) is 41.9 Å². The first-order valence-corrected chi connectivity index (χ1v) is 11.7. The fraction of sp³-hybridized carbons (Fsp3) is 0.115. The zero-order valence-corrected chi connectivity index (χ0v) is 20.3. The molecule has 8 nitrogen and oxygen atoms in total. The Hall–Kier alpha value is -4.37. The number of aromatic nitrogens is 3. The average Bonchev–Trinajstić information content (AvgIpc) is 3.67. The first-order chi connectivity index (χ1) is 17.2. The monoisotopic (exact) mass is 485 g/mol. The van der Waals surface area contributed by atoms with Gasteiger partial charge in [0.1, 0.15) is 11.4 Å². The number of hydrogen-bond donors (Lipinski definition) is 0. The third kappa shape index (κ3) is 4.41. The molecule has 0 spiro atoms. The van der Waals surface area contributed by atoms with Gasteiger partial charge in [0.2, 0.25) is 4.80 Å². The lowest BCUT2D eigenvalue weighted by Crippen LogP contribution is -2.11. The van der Waals surface area contributed by atoms with Gasteiger partial charge >= 0.3 is 0 Å². The molecule has 35 heavy (non-hydrogen) atoms. The maximum atomic E-state index is 5.60. The van der Waals surface area contributed by atoms with Gasteiger partial charge in [-0.1, -0.05) is 18.2 Å². The normalized spacial score (nSPS) is 11.9. The van der Waals surface area contributed by atoms with Gasteiger partial charge in [-0.3, -0.25) is 4.99 Å². The highest BCUT2D eigenvalue weighted by atomic mass is 32.1. The van der Waals surface area contributed by atoms with E-state index in [1.807, 2.05) is 76.9 Å². The summed E-state index contributed by atoms with van der Waals surface area (Å²) in [4.78, 5) is 5.11. The van der Waals surface area contributed by atoms with Crippen LogP contribution in [0, 0.1) is 0 Å². The summed E-state index contributed by atoms with van der Waals surface area (Å²) in [5.41, 5.74) is 4.22. The van der Waals surface area contributed by atoms with Crippen molar-refractivity contribution in [3.05, 3.63) is 88.9 Å². The van der Waals surface area contributed by atoms with Crippen LogP contribution in [0.2, 0.25) is 0 Å². The highest BCUT2D eigenvalue weighted by molar-refractivity contribution is 7.07.